The van der Waals surface area contributed by atoms with Crippen molar-refractivity contribution in [1.82, 2.24) is 15.2 Å². The van der Waals surface area contributed by atoms with Gasteiger partial charge in [-0.15, -0.1) is 0 Å². The van der Waals surface area contributed by atoms with Crippen molar-refractivity contribution in [2.75, 3.05) is 13.1 Å². The molecule has 138 valence electrons. The molecule has 1 aliphatic heterocycles. The molecule has 9 heteroatoms. The lowest BCUT2D eigenvalue weighted by Crippen LogP contribution is -2.37. The number of halogens is 2. The van der Waals surface area contributed by atoms with E-state index in [1.54, 1.807) is 12.3 Å². The van der Waals surface area contributed by atoms with Gasteiger partial charge in [-0.1, -0.05) is 12.1 Å². The van der Waals surface area contributed by atoms with Gasteiger partial charge < -0.3 is 5.32 Å². The number of amides is 3. The first-order chi connectivity index (χ1) is 12.9. The third kappa shape index (κ3) is 4.81. The number of aromatic nitrogens is 1. The van der Waals surface area contributed by atoms with Crippen LogP contribution in [0.25, 0.3) is 6.08 Å². The number of hydrogen-bond donors (Lipinski definition) is 1. The summed E-state index contributed by atoms with van der Waals surface area (Å²) >= 11 is 4.05. The van der Waals surface area contributed by atoms with Crippen LogP contribution in [0.15, 0.2) is 52.1 Å². The van der Waals surface area contributed by atoms with E-state index in [0.29, 0.717) is 15.6 Å². The molecule has 27 heavy (non-hydrogen) atoms. The third-order valence-electron chi connectivity index (χ3n) is 3.63. The Kier molecular flexibility index (Phi) is 6.02. The molecule has 3 rings (SSSR count). The summed E-state index contributed by atoms with van der Waals surface area (Å²) in [6, 6.07) is 7.23. The van der Waals surface area contributed by atoms with Gasteiger partial charge in [-0.05, 0) is 57.5 Å². The molecule has 0 bridgehead atoms. The largest absolute Gasteiger partial charge is 0.350 e. The van der Waals surface area contributed by atoms with E-state index < -0.39 is 11.1 Å². The smallest absolute Gasteiger partial charge is 0.293 e. The number of pyridine rings is 1. The van der Waals surface area contributed by atoms with Gasteiger partial charge in [0.25, 0.3) is 17.1 Å². The minimum atomic E-state index is -0.437. The normalized spacial score (nSPS) is 15.5. The van der Waals surface area contributed by atoms with Crippen LogP contribution in [0.5, 0.6) is 0 Å². The fraction of sp³-hybridized carbons (Fsp3) is 0.111. The number of carbonyl (C=O) groups is 3. The maximum atomic E-state index is 13.0. The average Bonchev–Trinajstić information content (AvgIpc) is 2.91. The molecule has 0 atom stereocenters. The van der Waals surface area contributed by atoms with Gasteiger partial charge >= 0.3 is 0 Å². The van der Waals surface area contributed by atoms with Crippen LogP contribution in [-0.2, 0) is 4.79 Å². The summed E-state index contributed by atoms with van der Waals surface area (Å²) < 4.78 is 13.6. The molecule has 0 saturated carbocycles. The van der Waals surface area contributed by atoms with Gasteiger partial charge in [-0.2, -0.15) is 0 Å². The van der Waals surface area contributed by atoms with Crippen molar-refractivity contribution < 1.29 is 18.8 Å². The van der Waals surface area contributed by atoms with Crippen molar-refractivity contribution >= 4 is 50.8 Å². The molecule has 0 radical (unpaired) electrons. The SMILES string of the molecule is O=C(NCCN1C(=O)S/C(=C\c2ccc(F)cc2)C1=O)c1cncc(Br)c1. The average molecular weight is 450 g/mol. The van der Waals surface area contributed by atoms with Crippen molar-refractivity contribution in [2.45, 2.75) is 0 Å². The van der Waals surface area contributed by atoms with E-state index in [9.17, 15) is 18.8 Å². The van der Waals surface area contributed by atoms with Crippen molar-refractivity contribution in [3.8, 4) is 0 Å². The monoisotopic (exact) mass is 449 g/mol. The Labute approximate surface area is 167 Å². The highest BCUT2D eigenvalue weighted by Crippen LogP contribution is 2.31. The molecule has 1 aliphatic rings. The summed E-state index contributed by atoms with van der Waals surface area (Å²) in [4.78, 5) is 41.8. The Bertz CT molecular complexity index is 934. The Morgan fingerprint density at radius 3 is 2.70 bits per heavy atom. The standard InChI is InChI=1S/C18H13BrFN3O3S/c19-13-8-12(9-21-10-13)16(24)22-5-6-23-17(25)15(27-18(23)26)7-11-1-3-14(20)4-2-11/h1-4,7-10H,5-6H2,(H,22,24)/b15-7-. The van der Waals surface area contributed by atoms with Crippen molar-refractivity contribution in [3.63, 3.8) is 0 Å². The molecule has 2 heterocycles. The summed E-state index contributed by atoms with van der Waals surface area (Å²) in [6.45, 7) is 0.172. The van der Waals surface area contributed by atoms with Crippen LogP contribution in [0.4, 0.5) is 9.18 Å². The fourth-order valence-corrected chi connectivity index (χ4v) is 3.55. The van der Waals surface area contributed by atoms with Crippen molar-refractivity contribution in [1.29, 1.82) is 0 Å². The second kappa shape index (κ2) is 8.45. The van der Waals surface area contributed by atoms with E-state index in [4.69, 9.17) is 0 Å². The van der Waals surface area contributed by atoms with Gasteiger partial charge in [0.15, 0.2) is 0 Å². The molecular formula is C18H13BrFN3O3S. The lowest BCUT2D eigenvalue weighted by molar-refractivity contribution is -0.122. The lowest BCUT2D eigenvalue weighted by atomic mass is 10.2. The van der Waals surface area contributed by atoms with Crippen LogP contribution in [0.2, 0.25) is 0 Å². The number of benzene rings is 1. The molecule has 0 spiro atoms. The van der Waals surface area contributed by atoms with E-state index in [0.717, 1.165) is 16.7 Å². The Balaban J connectivity index is 1.59. The lowest BCUT2D eigenvalue weighted by Gasteiger charge is -2.13. The van der Waals surface area contributed by atoms with Gasteiger partial charge in [-0.25, -0.2) is 4.39 Å². The number of thioether (sulfide) groups is 1. The molecule has 1 N–H and O–H groups in total. The van der Waals surface area contributed by atoms with Crippen LogP contribution in [0.1, 0.15) is 15.9 Å². The zero-order valence-corrected chi connectivity index (χ0v) is 16.2. The zero-order chi connectivity index (χ0) is 19.4. The van der Waals surface area contributed by atoms with Crippen molar-refractivity contribution in [3.05, 3.63) is 69.0 Å². The molecule has 0 unspecified atom stereocenters. The zero-order valence-electron chi connectivity index (χ0n) is 13.8. The maximum absolute atomic E-state index is 13.0. The molecule has 2 aromatic rings. The number of nitrogens with one attached hydrogen (secondary N) is 1. The number of imide groups is 1. The second-order valence-electron chi connectivity index (χ2n) is 5.53. The summed E-state index contributed by atoms with van der Waals surface area (Å²) in [5.41, 5.74) is 0.993. The predicted octanol–water partition coefficient (Wildman–Crippen LogP) is 3.45. The van der Waals surface area contributed by atoms with E-state index in [1.807, 2.05) is 0 Å². The highest BCUT2D eigenvalue weighted by atomic mass is 79.9. The Morgan fingerprint density at radius 1 is 1.26 bits per heavy atom. The third-order valence-corrected chi connectivity index (χ3v) is 4.97. The first-order valence-electron chi connectivity index (χ1n) is 7.84. The first-order valence-corrected chi connectivity index (χ1v) is 9.44. The molecule has 0 aliphatic carbocycles. The van der Waals surface area contributed by atoms with Gasteiger partial charge in [0.05, 0.1) is 10.5 Å². The van der Waals surface area contributed by atoms with Crippen molar-refractivity contribution in [2.24, 2.45) is 0 Å². The quantitative estimate of drug-likeness (QED) is 0.707. The summed E-state index contributed by atoms with van der Waals surface area (Å²) in [5.74, 6) is -1.16. The fourth-order valence-electron chi connectivity index (χ4n) is 2.32. The maximum Gasteiger partial charge on any atom is 0.293 e. The summed E-state index contributed by atoms with van der Waals surface area (Å²) in [6.07, 6.45) is 4.52. The minimum absolute atomic E-state index is 0.0542. The molecule has 1 aromatic heterocycles. The van der Waals surface area contributed by atoms with Crippen LogP contribution in [-0.4, -0.2) is 40.0 Å². The van der Waals surface area contributed by atoms with Crippen LogP contribution in [0, 0.1) is 5.82 Å². The predicted molar refractivity (Wildman–Crippen MR) is 103 cm³/mol. The topological polar surface area (TPSA) is 79.4 Å². The van der Waals surface area contributed by atoms with Gasteiger partial charge in [0.2, 0.25) is 0 Å². The molecular weight excluding hydrogens is 437 g/mol. The second-order valence-corrected chi connectivity index (χ2v) is 7.44. The molecule has 3 amide bonds. The number of rotatable bonds is 5. The number of hydrogen-bond acceptors (Lipinski definition) is 5. The van der Waals surface area contributed by atoms with Crippen LogP contribution < -0.4 is 5.32 Å². The van der Waals surface area contributed by atoms with E-state index in [1.165, 1.54) is 36.5 Å². The van der Waals surface area contributed by atoms with E-state index in [-0.39, 0.29) is 29.7 Å². The highest BCUT2D eigenvalue weighted by molar-refractivity contribution is 9.10. The molecule has 1 fully saturated rings. The summed E-state index contributed by atoms with van der Waals surface area (Å²) in [7, 11) is 0. The number of carbonyl (C=O) groups excluding carboxylic acids is 3. The summed E-state index contributed by atoms with van der Waals surface area (Å²) in [5, 5.41) is 2.24. The Morgan fingerprint density at radius 2 is 2.00 bits per heavy atom. The number of nitrogens with zero attached hydrogens (tertiary/aromatic N) is 2. The minimum Gasteiger partial charge on any atom is -0.350 e. The Hall–Kier alpha value is -2.52. The van der Waals surface area contributed by atoms with Gasteiger partial charge in [-0.3, -0.25) is 24.3 Å². The molecule has 1 saturated heterocycles. The van der Waals surface area contributed by atoms with E-state index >= 15 is 0 Å². The molecule has 6 nitrogen and oxygen atoms in total. The first kappa shape index (κ1) is 19.2. The van der Waals surface area contributed by atoms with Crippen LogP contribution in [0.3, 0.4) is 0 Å². The van der Waals surface area contributed by atoms with Gasteiger partial charge in [0.1, 0.15) is 5.82 Å². The molecule has 1 aromatic carbocycles. The van der Waals surface area contributed by atoms with E-state index in [2.05, 4.69) is 26.2 Å². The van der Waals surface area contributed by atoms with Crippen LogP contribution >= 0.6 is 27.7 Å². The highest BCUT2D eigenvalue weighted by Gasteiger charge is 2.34. The van der Waals surface area contributed by atoms with Gasteiger partial charge in [0, 0.05) is 30.0 Å².